The Bertz CT molecular complexity index is 431. The summed E-state index contributed by atoms with van der Waals surface area (Å²) in [6, 6.07) is 1.58. The van der Waals surface area contributed by atoms with Crippen LogP contribution in [0.3, 0.4) is 0 Å². The van der Waals surface area contributed by atoms with Gasteiger partial charge >= 0.3 is 0 Å². The topological polar surface area (TPSA) is 33.2 Å². The normalized spacial score (nSPS) is 17.8. The Morgan fingerprint density at radius 1 is 1.19 bits per heavy atom. The predicted octanol–water partition coefficient (Wildman–Crippen LogP) is 2.61. The minimum atomic E-state index is -0.723. The molecule has 0 radical (unpaired) electrons. The highest BCUT2D eigenvalue weighted by Gasteiger charge is 2.20. The molecule has 1 saturated heterocycles. The van der Waals surface area contributed by atoms with Gasteiger partial charge in [0.1, 0.15) is 11.0 Å². The van der Waals surface area contributed by atoms with Crippen LogP contribution in [-0.2, 0) is 10.8 Å². The van der Waals surface area contributed by atoms with E-state index >= 15 is 0 Å². The van der Waals surface area contributed by atoms with Crippen LogP contribution < -0.4 is 4.90 Å². The van der Waals surface area contributed by atoms with Crippen molar-refractivity contribution in [2.45, 2.75) is 0 Å². The summed E-state index contributed by atoms with van der Waals surface area (Å²) < 4.78 is 11.2. The summed E-state index contributed by atoms with van der Waals surface area (Å²) in [4.78, 5) is 6.13. The van der Waals surface area contributed by atoms with Crippen molar-refractivity contribution in [2.24, 2.45) is 0 Å². The van der Waals surface area contributed by atoms with Gasteiger partial charge in [0.2, 0.25) is 0 Å². The predicted molar refractivity (Wildman–Crippen MR) is 69.4 cm³/mol. The number of hydrogen-bond acceptors (Lipinski definition) is 3. The third-order valence-corrected chi connectivity index (χ3v) is 4.57. The molecule has 3 nitrogen and oxygen atoms in total. The summed E-state index contributed by atoms with van der Waals surface area (Å²) in [5, 5.41) is 1.06. The summed E-state index contributed by atoms with van der Waals surface area (Å²) in [6.45, 7) is 1.36. The van der Waals surface area contributed by atoms with Crippen molar-refractivity contribution in [3.8, 4) is 0 Å². The molecule has 2 heterocycles. The van der Waals surface area contributed by atoms with Crippen LogP contribution in [0.1, 0.15) is 0 Å². The molecule has 1 fully saturated rings. The Morgan fingerprint density at radius 2 is 1.81 bits per heavy atom. The van der Waals surface area contributed by atoms with Crippen LogP contribution in [0, 0.1) is 0 Å². The maximum atomic E-state index is 11.2. The van der Waals surface area contributed by atoms with Crippen molar-refractivity contribution in [3.05, 3.63) is 21.3 Å². The molecule has 1 aromatic rings. The van der Waals surface area contributed by atoms with Crippen molar-refractivity contribution in [3.63, 3.8) is 0 Å². The molecule has 0 bridgehead atoms. The molecule has 0 amide bonds. The summed E-state index contributed by atoms with van der Waals surface area (Å²) in [5.74, 6) is 1.89. The van der Waals surface area contributed by atoms with Crippen molar-refractivity contribution in [1.29, 1.82) is 0 Å². The van der Waals surface area contributed by atoms with Crippen LogP contribution in [-0.4, -0.2) is 33.8 Å². The van der Waals surface area contributed by atoms with Crippen LogP contribution >= 0.6 is 34.8 Å². The number of aromatic nitrogens is 1. The monoisotopic (exact) mass is 298 g/mol. The smallest absolute Gasteiger partial charge is 0.150 e. The number of halogens is 3. The van der Waals surface area contributed by atoms with Crippen molar-refractivity contribution < 1.29 is 4.21 Å². The maximum absolute atomic E-state index is 11.2. The van der Waals surface area contributed by atoms with E-state index in [4.69, 9.17) is 34.8 Å². The Hall–Kier alpha value is -0.0300. The van der Waals surface area contributed by atoms with E-state index in [9.17, 15) is 4.21 Å². The molecule has 16 heavy (non-hydrogen) atoms. The first-order chi connectivity index (χ1) is 7.58. The second kappa shape index (κ2) is 5.08. The summed E-state index contributed by atoms with van der Waals surface area (Å²) in [5.41, 5.74) is 0. The first-order valence-corrected chi connectivity index (χ1v) is 7.31. The first-order valence-electron chi connectivity index (χ1n) is 4.69. The van der Waals surface area contributed by atoms with Crippen LogP contribution in [0.4, 0.5) is 5.82 Å². The van der Waals surface area contributed by atoms with Gasteiger partial charge in [0.05, 0.1) is 10.0 Å². The number of anilines is 1. The zero-order valence-electron chi connectivity index (χ0n) is 8.25. The molecular weight excluding hydrogens is 291 g/mol. The highest BCUT2D eigenvalue weighted by atomic mass is 35.5. The minimum Gasteiger partial charge on any atom is -0.353 e. The van der Waals surface area contributed by atoms with Crippen molar-refractivity contribution >= 4 is 51.4 Å². The second-order valence-electron chi connectivity index (χ2n) is 3.40. The van der Waals surface area contributed by atoms with Gasteiger partial charge in [-0.1, -0.05) is 34.8 Å². The standard InChI is InChI=1S/C9H9Cl3N2OS/c10-6-5-7(11)9(13-8(6)12)14-1-3-16(15)4-2-14/h5H,1-4H2. The largest absolute Gasteiger partial charge is 0.353 e. The number of nitrogens with zero attached hydrogens (tertiary/aromatic N) is 2. The summed E-state index contributed by atoms with van der Waals surface area (Å²) in [6.07, 6.45) is 0. The number of hydrogen-bond donors (Lipinski definition) is 0. The average molecular weight is 300 g/mol. The Kier molecular flexibility index (Phi) is 3.95. The highest BCUT2D eigenvalue weighted by Crippen LogP contribution is 2.31. The van der Waals surface area contributed by atoms with Gasteiger partial charge in [0.25, 0.3) is 0 Å². The van der Waals surface area contributed by atoms with Crippen LogP contribution in [0.25, 0.3) is 0 Å². The number of rotatable bonds is 1. The Morgan fingerprint density at radius 3 is 2.44 bits per heavy atom. The van der Waals surface area contributed by atoms with Gasteiger partial charge in [-0.25, -0.2) is 4.98 Å². The third kappa shape index (κ3) is 2.62. The van der Waals surface area contributed by atoms with Gasteiger partial charge in [0.15, 0.2) is 0 Å². The zero-order valence-corrected chi connectivity index (χ0v) is 11.3. The zero-order chi connectivity index (χ0) is 11.7. The highest BCUT2D eigenvalue weighted by molar-refractivity contribution is 7.85. The lowest BCUT2D eigenvalue weighted by molar-refractivity contribution is 0.672. The lowest BCUT2D eigenvalue weighted by atomic mass is 10.4. The minimum absolute atomic E-state index is 0.243. The lowest BCUT2D eigenvalue weighted by Gasteiger charge is -2.28. The maximum Gasteiger partial charge on any atom is 0.150 e. The van der Waals surface area contributed by atoms with Crippen molar-refractivity contribution in [1.82, 2.24) is 4.98 Å². The van der Waals surface area contributed by atoms with Gasteiger partial charge < -0.3 is 4.90 Å². The fraction of sp³-hybridized carbons (Fsp3) is 0.444. The van der Waals surface area contributed by atoms with E-state index in [1.54, 1.807) is 6.07 Å². The molecule has 0 aromatic carbocycles. The molecular formula is C9H9Cl3N2OS. The van der Waals surface area contributed by atoms with Gasteiger partial charge in [0, 0.05) is 35.4 Å². The fourth-order valence-corrected chi connectivity index (χ4v) is 3.17. The molecule has 0 aliphatic carbocycles. The summed E-state index contributed by atoms with van der Waals surface area (Å²) in [7, 11) is -0.723. The molecule has 7 heteroatoms. The van der Waals surface area contributed by atoms with E-state index in [0.717, 1.165) is 0 Å². The summed E-state index contributed by atoms with van der Waals surface area (Å²) >= 11 is 17.7. The Labute approximate surface area is 111 Å². The molecule has 0 spiro atoms. The molecule has 88 valence electrons. The first kappa shape index (κ1) is 12.4. The molecule has 1 aromatic heterocycles. The fourth-order valence-electron chi connectivity index (χ4n) is 1.51. The van der Waals surface area contributed by atoms with Crippen LogP contribution in [0.2, 0.25) is 15.2 Å². The molecule has 0 saturated carbocycles. The van der Waals surface area contributed by atoms with Crippen molar-refractivity contribution in [2.75, 3.05) is 29.5 Å². The molecule has 0 unspecified atom stereocenters. The molecule has 0 N–H and O–H groups in total. The molecule has 1 aliphatic heterocycles. The average Bonchev–Trinajstić information content (AvgIpc) is 2.25. The van der Waals surface area contributed by atoms with E-state index < -0.39 is 10.8 Å². The third-order valence-electron chi connectivity index (χ3n) is 2.35. The van der Waals surface area contributed by atoms with Crippen LogP contribution in [0.15, 0.2) is 6.07 Å². The Balaban J connectivity index is 2.26. The number of pyridine rings is 1. The van der Waals surface area contributed by atoms with Crippen LogP contribution in [0.5, 0.6) is 0 Å². The van der Waals surface area contributed by atoms with E-state index in [0.29, 0.717) is 40.5 Å². The van der Waals surface area contributed by atoms with Gasteiger partial charge in [-0.05, 0) is 6.07 Å². The van der Waals surface area contributed by atoms with E-state index in [-0.39, 0.29) is 5.15 Å². The van der Waals surface area contributed by atoms with Gasteiger partial charge in [-0.3, -0.25) is 4.21 Å². The van der Waals surface area contributed by atoms with E-state index in [1.807, 2.05) is 4.90 Å². The molecule has 1 aliphatic rings. The molecule has 0 atom stereocenters. The van der Waals surface area contributed by atoms with Gasteiger partial charge in [-0.15, -0.1) is 0 Å². The lowest BCUT2D eigenvalue weighted by Crippen LogP contribution is -2.38. The quantitative estimate of drug-likeness (QED) is 0.747. The van der Waals surface area contributed by atoms with Gasteiger partial charge in [-0.2, -0.15) is 0 Å². The van der Waals surface area contributed by atoms with E-state index in [1.165, 1.54) is 0 Å². The van der Waals surface area contributed by atoms with E-state index in [2.05, 4.69) is 4.98 Å². The SMILES string of the molecule is O=S1CCN(c2nc(Cl)c(Cl)cc2Cl)CC1. The second-order valence-corrected chi connectivity index (χ2v) is 6.27. The molecule has 2 rings (SSSR count).